The quantitative estimate of drug-likeness (QED) is 0.450. The number of aromatic nitrogens is 4. The molecule has 0 aliphatic carbocycles. The van der Waals surface area contributed by atoms with Crippen LogP contribution in [0.25, 0.3) is 16.2 Å². The molecule has 0 fully saturated rings. The van der Waals surface area contributed by atoms with E-state index in [-0.39, 0.29) is 6.79 Å². The number of benzene rings is 1. The van der Waals surface area contributed by atoms with Crippen molar-refractivity contribution in [3.8, 4) is 17.0 Å². The average Bonchev–Trinajstić information content (AvgIpc) is 3.51. The summed E-state index contributed by atoms with van der Waals surface area (Å²) in [7, 11) is 1.62. The van der Waals surface area contributed by atoms with Gasteiger partial charge in [0.1, 0.15) is 12.0 Å². The highest BCUT2D eigenvalue weighted by molar-refractivity contribution is 7.20. The number of methoxy groups -OCH3 is 1. The van der Waals surface area contributed by atoms with E-state index in [2.05, 4.69) is 22.0 Å². The Morgan fingerprint density at radius 2 is 2.10 bits per heavy atom. The van der Waals surface area contributed by atoms with Crippen molar-refractivity contribution in [2.45, 2.75) is 6.54 Å². The molecule has 0 amide bonds. The largest absolute Gasteiger partial charge is 0.495 e. The predicted octanol–water partition coefficient (Wildman–Crippen LogP) is 3.71. The third-order valence-electron chi connectivity index (χ3n) is 4.64. The fourth-order valence-corrected chi connectivity index (χ4v) is 4.05. The van der Waals surface area contributed by atoms with Gasteiger partial charge in [-0.2, -0.15) is 0 Å². The van der Waals surface area contributed by atoms with Crippen LogP contribution in [0.3, 0.4) is 0 Å². The van der Waals surface area contributed by atoms with Crippen LogP contribution in [0.5, 0.6) is 5.75 Å². The van der Waals surface area contributed by atoms with Gasteiger partial charge in [-0.1, -0.05) is 41.7 Å². The maximum Gasteiger partial charge on any atom is 0.229 e. The number of hydrogen-bond acceptors (Lipinski definition) is 8. The van der Waals surface area contributed by atoms with Gasteiger partial charge in [-0.05, 0) is 11.6 Å². The number of imidazole rings is 1. The molecule has 0 spiro atoms. The summed E-state index contributed by atoms with van der Waals surface area (Å²) >= 11 is 1.52. The Morgan fingerprint density at radius 3 is 2.87 bits per heavy atom. The minimum Gasteiger partial charge on any atom is -0.495 e. The molecular formula is C21H19N5O3S. The fraction of sp³-hybridized carbons (Fsp3) is 0.190. The highest BCUT2D eigenvalue weighted by Crippen LogP contribution is 2.29. The lowest BCUT2D eigenvalue weighted by Gasteiger charge is -2.21. The Hall–Kier alpha value is -3.59. The minimum atomic E-state index is 0.258. The number of ether oxygens (including phenoxy) is 3. The van der Waals surface area contributed by atoms with Crippen LogP contribution in [-0.4, -0.2) is 40.0 Å². The summed E-state index contributed by atoms with van der Waals surface area (Å²) < 4.78 is 17.8. The van der Waals surface area contributed by atoms with Crippen LogP contribution in [-0.2, 0) is 16.0 Å². The zero-order valence-electron chi connectivity index (χ0n) is 16.3. The van der Waals surface area contributed by atoms with Crippen LogP contribution in [0, 0.1) is 0 Å². The molecule has 0 radical (unpaired) electrons. The molecule has 1 aliphatic heterocycles. The van der Waals surface area contributed by atoms with Crippen molar-refractivity contribution >= 4 is 21.4 Å². The van der Waals surface area contributed by atoms with Crippen LogP contribution in [0.15, 0.2) is 67.0 Å². The van der Waals surface area contributed by atoms with Crippen LogP contribution in [0.1, 0.15) is 5.56 Å². The second-order valence-corrected chi connectivity index (χ2v) is 7.64. The first-order valence-electron chi connectivity index (χ1n) is 9.36. The average molecular weight is 421 g/mol. The number of hydrogen-bond donors (Lipinski definition) is 0. The number of fused-ring (bicyclic) bond motifs is 1. The molecule has 0 saturated heterocycles. The first kappa shape index (κ1) is 18.4. The molecule has 8 nitrogen and oxygen atoms in total. The molecule has 0 bridgehead atoms. The minimum absolute atomic E-state index is 0.258. The normalized spacial score (nSPS) is 13.0. The van der Waals surface area contributed by atoms with E-state index in [1.165, 1.54) is 16.9 Å². The Bertz CT molecular complexity index is 1160. The molecule has 1 aromatic carbocycles. The van der Waals surface area contributed by atoms with E-state index >= 15 is 0 Å². The third kappa shape index (κ3) is 3.79. The molecule has 0 saturated carbocycles. The molecule has 0 N–H and O–H groups in total. The second-order valence-electron chi connectivity index (χ2n) is 6.71. The van der Waals surface area contributed by atoms with Gasteiger partial charge in [0, 0.05) is 18.3 Å². The van der Waals surface area contributed by atoms with Gasteiger partial charge < -0.3 is 19.1 Å². The van der Waals surface area contributed by atoms with Crippen molar-refractivity contribution < 1.29 is 14.2 Å². The number of anilines is 1. The summed E-state index contributed by atoms with van der Waals surface area (Å²) in [5, 5.41) is 5.62. The summed E-state index contributed by atoms with van der Waals surface area (Å²) in [6.45, 7) is 1.52. The van der Waals surface area contributed by atoms with Gasteiger partial charge in [0.2, 0.25) is 16.9 Å². The van der Waals surface area contributed by atoms with Gasteiger partial charge in [0.15, 0.2) is 5.76 Å². The number of nitrogens with zero attached hydrogens (tertiary/aromatic N) is 5. The Kier molecular flexibility index (Phi) is 4.94. The SMILES string of the molecule is COc1cncc(-c2cn3nc(N(CC4=COCO4)Cc4ccccc4)sc3n2)c1. The first-order valence-corrected chi connectivity index (χ1v) is 10.2. The smallest absolute Gasteiger partial charge is 0.229 e. The Morgan fingerprint density at radius 1 is 1.20 bits per heavy atom. The molecule has 4 aromatic rings. The molecule has 1 aliphatic rings. The Labute approximate surface area is 177 Å². The zero-order chi connectivity index (χ0) is 20.3. The monoisotopic (exact) mass is 421 g/mol. The molecule has 0 atom stereocenters. The maximum absolute atomic E-state index is 5.53. The molecular weight excluding hydrogens is 402 g/mol. The van der Waals surface area contributed by atoms with Crippen molar-refractivity contribution in [3.63, 3.8) is 0 Å². The lowest BCUT2D eigenvalue weighted by Crippen LogP contribution is -2.25. The molecule has 9 heteroatoms. The van der Waals surface area contributed by atoms with Crippen LogP contribution in [0.4, 0.5) is 5.13 Å². The number of rotatable bonds is 7. The van der Waals surface area contributed by atoms with Gasteiger partial charge in [0.05, 0.1) is 31.7 Å². The molecule has 4 heterocycles. The highest BCUT2D eigenvalue weighted by Gasteiger charge is 2.19. The lowest BCUT2D eigenvalue weighted by atomic mass is 10.2. The van der Waals surface area contributed by atoms with Crippen molar-refractivity contribution in [1.29, 1.82) is 0 Å². The van der Waals surface area contributed by atoms with Gasteiger partial charge in [-0.25, -0.2) is 9.50 Å². The first-order chi connectivity index (χ1) is 14.8. The highest BCUT2D eigenvalue weighted by atomic mass is 32.1. The van der Waals surface area contributed by atoms with Crippen LogP contribution >= 0.6 is 11.3 Å². The molecule has 0 unspecified atom stereocenters. The summed E-state index contributed by atoms with van der Waals surface area (Å²) in [6.07, 6.45) is 7.00. The Balaban J connectivity index is 1.44. The van der Waals surface area contributed by atoms with E-state index in [0.717, 1.165) is 27.1 Å². The molecule has 152 valence electrons. The van der Waals surface area contributed by atoms with Gasteiger partial charge in [-0.3, -0.25) is 4.98 Å². The van der Waals surface area contributed by atoms with Gasteiger partial charge >= 0.3 is 0 Å². The van der Waals surface area contributed by atoms with E-state index in [0.29, 0.717) is 18.8 Å². The third-order valence-corrected chi connectivity index (χ3v) is 5.62. The van der Waals surface area contributed by atoms with Crippen molar-refractivity contribution in [3.05, 3.63) is 72.6 Å². The van der Waals surface area contributed by atoms with E-state index in [1.807, 2.05) is 30.5 Å². The standard InChI is InChI=1S/C21H19N5O3S/c1-27-17-7-16(8-22-9-17)19-12-26-20(23-19)30-21(24-26)25(11-18-13-28-14-29-18)10-15-5-3-2-4-6-15/h2-9,12-13H,10-11,14H2,1H3. The van der Waals surface area contributed by atoms with Gasteiger partial charge in [-0.15, -0.1) is 5.10 Å². The predicted molar refractivity (Wildman–Crippen MR) is 113 cm³/mol. The summed E-state index contributed by atoms with van der Waals surface area (Å²) in [5.74, 6) is 1.47. The van der Waals surface area contributed by atoms with Crippen LogP contribution < -0.4 is 9.64 Å². The summed E-state index contributed by atoms with van der Waals surface area (Å²) in [4.78, 5) is 11.9. The van der Waals surface area contributed by atoms with E-state index < -0.39 is 0 Å². The molecule has 30 heavy (non-hydrogen) atoms. The molecule has 3 aromatic heterocycles. The van der Waals surface area contributed by atoms with Crippen molar-refractivity contribution in [2.75, 3.05) is 25.3 Å². The van der Waals surface area contributed by atoms with Crippen LogP contribution in [0.2, 0.25) is 0 Å². The summed E-state index contributed by atoms with van der Waals surface area (Å²) in [6, 6.07) is 12.2. The van der Waals surface area contributed by atoms with E-state index in [4.69, 9.17) is 24.3 Å². The van der Waals surface area contributed by atoms with E-state index in [9.17, 15) is 0 Å². The topological polar surface area (TPSA) is 74.0 Å². The fourth-order valence-electron chi connectivity index (χ4n) is 3.16. The van der Waals surface area contributed by atoms with Gasteiger partial charge in [0.25, 0.3) is 0 Å². The zero-order valence-corrected chi connectivity index (χ0v) is 17.1. The number of pyridine rings is 1. The maximum atomic E-state index is 5.53. The lowest BCUT2D eigenvalue weighted by molar-refractivity contribution is 0.0797. The second kappa shape index (κ2) is 8.03. The summed E-state index contributed by atoms with van der Waals surface area (Å²) in [5.41, 5.74) is 2.88. The van der Waals surface area contributed by atoms with Crippen molar-refractivity contribution in [1.82, 2.24) is 19.6 Å². The van der Waals surface area contributed by atoms with Crippen molar-refractivity contribution in [2.24, 2.45) is 0 Å². The molecule has 5 rings (SSSR count). The van der Waals surface area contributed by atoms with E-state index in [1.54, 1.807) is 30.3 Å².